The highest BCUT2D eigenvalue weighted by Crippen LogP contribution is 2.43. The van der Waals surface area contributed by atoms with Crippen molar-refractivity contribution in [1.29, 1.82) is 5.26 Å². The Labute approximate surface area is 284 Å². The van der Waals surface area contributed by atoms with E-state index in [0.29, 0.717) is 17.9 Å². The van der Waals surface area contributed by atoms with Crippen LogP contribution in [0.15, 0.2) is 71.1 Å². The number of nitriles is 1. The van der Waals surface area contributed by atoms with E-state index in [-0.39, 0.29) is 48.2 Å². The largest absolute Gasteiger partial charge is 0.489 e. The quantitative estimate of drug-likeness (QED) is 0.104. The summed E-state index contributed by atoms with van der Waals surface area (Å²) in [7, 11) is 0.917. The average molecular weight is 705 g/mol. The molecule has 3 rings (SSSR count). The van der Waals surface area contributed by atoms with Crippen LogP contribution in [0.5, 0.6) is 5.75 Å². The topological polar surface area (TPSA) is 168 Å². The number of carbonyl (C=O) groups excluding carboxylic acids is 3. The Kier molecular flexibility index (Phi) is 14.3. The number of nitrogens with zero attached hydrogens (tertiary/aromatic N) is 1. The Morgan fingerprint density at radius 2 is 1.76 bits per heavy atom. The summed E-state index contributed by atoms with van der Waals surface area (Å²) in [5, 5.41) is 26.8. The average Bonchev–Trinajstić information content (AvgIpc) is 3.07. The third-order valence-corrected chi connectivity index (χ3v) is 6.95. The van der Waals surface area contributed by atoms with Crippen molar-refractivity contribution in [2.75, 3.05) is 46.6 Å². The van der Waals surface area contributed by atoms with E-state index in [4.69, 9.17) is 31.1 Å². The van der Waals surface area contributed by atoms with Crippen molar-refractivity contribution in [3.05, 3.63) is 87.2 Å². The van der Waals surface area contributed by atoms with Crippen molar-refractivity contribution in [1.82, 2.24) is 16.0 Å². The zero-order valence-corrected chi connectivity index (χ0v) is 27.0. The Bertz CT molecular complexity index is 1690. The summed E-state index contributed by atoms with van der Waals surface area (Å²) in [5.74, 6) is 1.41. The molecule has 49 heavy (non-hydrogen) atoms. The number of para-hydroxylation sites is 1. The number of alkyl carbamates (subject to hydrolysis) is 1. The molecule has 0 radical (unpaired) electrons. The van der Waals surface area contributed by atoms with Gasteiger partial charge in [-0.15, -0.1) is 0 Å². The van der Waals surface area contributed by atoms with E-state index in [1.807, 2.05) is 6.07 Å². The normalized spacial score (nSPS) is 14.8. The molecule has 1 amide bonds. The smallest absolute Gasteiger partial charge is 0.431 e. The maximum absolute atomic E-state index is 14.0. The number of carbonyl (C=O) groups is 3. The van der Waals surface area contributed by atoms with E-state index < -0.39 is 54.1 Å². The molecule has 16 heteroatoms. The van der Waals surface area contributed by atoms with Crippen molar-refractivity contribution in [3.63, 3.8) is 0 Å². The minimum Gasteiger partial charge on any atom is -0.489 e. The number of ether oxygens (including phenoxy) is 4. The fourth-order valence-electron chi connectivity index (χ4n) is 4.56. The fraction of sp³-hybridized carbons (Fsp3) is 0.333. The monoisotopic (exact) mass is 704 g/mol. The van der Waals surface area contributed by atoms with Gasteiger partial charge in [0.05, 0.1) is 29.7 Å². The Morgan fingerprint density at radius 1 is 1.04 bits per heavy atom. The van der Waals surface area contributed by atoms with Gasteiger partial charge in [-0.1, -0.05) is 47.7 Å². The number of benzene rings is 2. The molecule has 0 spiro atoms. The standard InChI is InChI=1S/C33H32ClF3N4O8/c1-20-26(27(21-9-7-10-23(34)16-21)28(30(43)46-2)29(41-20)33(35,36)37)31(44)47-14-5-6-15-48-32(45)40-13-12-39-18-24(42)19-49-25-11-4-3-8-22(25)17-38/h3-4,7-11,16,24,27,39,41-42H,12-15,18-19H2,1-2H3,(H,40,45). The second kappa shape index (κ2) is 18.4. The minimum atomic E-state index is -4.99. The van der Waals surface area contributed by atoms with Gasteiger partial charge in [0.25, 0.3) is 0 Å². The highest BCUT2D eigenvalue weighted by molar-refractivity contribution is 6.30. The SMILES string of the molecule is COC(=O)C1=C(C(F)(F)F)NC(C)=C(C(=O)OCC#CCOC(=O)NCCNCC(O)COc2ccccc2C#N)C1c1cccc(Cl)c1. The van der Waals surface area contributed by atoms with E-state index in [9.17, 15) is 32.7 Å². The van der Waals surface area contributed by atoms with E-state index in [0.717, 1.165) is 7.11 Å². The molecule has 2 aromatic rings. The summed E-state index contributed by atoms with van der Waals surface area (Å²) >= 11 is 6.07. The van der Waals surface area contributed by atoms with Gasteiger partial charge in [0, 0.05) is 30.4 Å². The van der Waals surface area contributed by atoms with Gasteiger partial charge in [-0.25, -0.2) is 14.4 Å². The van der Waals surface area contributed by atoms with Crippen molar-refractivity contribution < 1.29 is 51.6 Å². The van der Waals surface area contributed by atoms with Crippen LogP contribution in [0.3, 0.4) is 0 Å². The summed E-state index contributed by atoms with van der Waals surface area (Å²) in [5.41, 5.74) is -2.26. The van der Waals surface area contributed by atoms with Gasteiger partial charge in [-0.05, 0) is 36.8 Å². The molecule has 0 bridgehead atoms. The number of alkyl halides is 3. The number of nitrogens with one attached hydrogen (secondary N) is 3. The van der Waals surface area contributed by atoms with Crippen molar-refractivity contribution in [2.24, 2.45) is 0 Å². The van der Waals surface area contributed by atoms with Gasteiger partial charge in [-0.2, -0.15) is 18.4 Å². The van der Waals surface area contributed by atoms with Crippen molar-refractivity contribution in [3.8, 4) is 23.7 Å². The molecule has 0 saturated carbocycles. The number of esters is 2. The number of amides is 1. The maximum atomic E-state index is 14.0. The summed E-state index contributed by atoms with van der Waals surface area (Å²) in [4.78, 5) is 37.7. The van der Waals surface area contributed by atoms with Crippen molar-refractivity contribution in [2.45, 2.75) is 25.1 Å². The molecule has 1 heterocycles. The first-order valence-corrected chi connectivity index (χ1v) is 14.9. The van der Waals surface area contributed by atoms with Crippen LogP contribution >= 0.6 is 11.6 Å². The second-order valence-electron chi connectivity index (χ2n) is 10.1. The van der Waals surface area contributed by atoms with E-state index in [1.165, 1.54) is 31.2 Å². The molecule has 1 aliphatic heterocycles. The number of methoxy groups -OCH3 is 1. The van der Waals surface area contributed by atoms with Crippen LogP contribution in [0.4, 0.5) is 18.0 Å². The first-order chi connectivity index (χ1) is 23.4. The van der Waals surface area contributed by atoms with E-state index in [1.54, 1.807) is 24.3 Å². The molecule has 0 saturated heterocycles. The summed E-state index contributed by atoms with van der Waals surface area (Å²) in [6.45, 7) is 0.918. The molecule has 0 aliphatic carbocycles. The third-order valence-electron chi connectivity index (χ3n) is 6.72. The van der Waals surface area contributed by atoms with E-state index >= 15 is 0 Å². The molecule has 2 unspecified atom stereocenters. The predicted molar refractivity (Wildman–Crippen MR) is 169 cm³/mol. The van der Waals surface area contributed by atoms with Gasteiger partial charge in [0.1, 0.15) is 30.2 Å². The molecule has 2 aromatic carbocycles. The van der Waals surface area contributed by atoms with Crippen LogP contribution in [0.2, 0.25) is 5.02 Å². The number of aliphatic hydroxyl groups is 1. The first kappa shape index (κ1) is 38.2. The number of hydrogen-bond acceptors (Lipinski definition) is 11. The molecule has 2 atom stereocenters. The van der Waals surface area contributed by atoms with E-state index in [2.05, 4.69) is 32.5 Å². The highest BCUT2D eigenvalue weighted by Gasteiger charge is 2.47. The molecule has 260 valence electrons. The summed E-state index contributed by atoms with van der Waals surface area (Å²) < 4.78 is 62.2. The molecule has 4 N–H and O–H groups in total. The molecule has 0 aromatic heterocycles. The zero-order valence-electron chi connectivity index (χ0n) is 26.3. The highest BCUT2D eigenvalue weighted by atomic mass is 35.5. The Morgan fingerprint density at radius 3 is 2.43 bits per heavy atom. The molecule has 12 nitrogen and oxygen atoms in total. The van der Waals surface area contributed by atoms with Crippen LogP contribution in [-0.4, -0.2) is 82.0 Å². The van der Waals surface area contributed by atoms with Gasteiger partial charge < -0.3 is 40.0 Å². The van der Waals surface area contributed by atoms with Crippen LogP contribution < -0.4 is 20.7 Å². The second-order valence-corrected chi connectivity index (χ2v) is 10.6. The predicted octanol–water partition coefficient (Wildman–Crippen LogP) is 3.46. The number of aliphatic hydroxyl groups excluding tert-OH is 1. The van der Waals surface area contributed by atoms with Crippen LogP contribution in [0.1, 0.15) is 24.0 Å². The van der Waals surface area contributed by atoms with Crippen LogP contribution in [0.25, 0.3) is 0 Å². The van der Waals surface area contributed by atoms with Gasteiger partial charge in [-0.3, -0.25) is 0 Å². The Balaban J connectivity index is 1.47. The lowest BCUT2D eigenvalue weighted by Gasteiger charge is -2.32. The summed E-state index contributed by atoms with van der Waals surface area (Å²) in [6, 6.07) is 14.3. The lowest BCUT2D eigenvalue weighted by molar-refractivity contribution is -0.139. The molecular weight excluding hydrogens is 673 g/mol. The van der Waals surface area contributed by atoms with Crippen LogP contribution in [0, 0.1) is 23.2 Å². The number of allylic oxidation sites excluding steroid dienone is 2. The zero-order chi connectivity index (χ0) is 36.0. The van der Waals surface area contributed by atoms with Crippen molar-refractivity contribution >= 4 is 29.6 Å². The van der Waals surface area contributed by atoms with Crippen LogP contribution in [-0.2, 0) is 23.8 Å². The minimum absolute atomic E-state index is 0.0454. The lowest BCUT2D eigenvalue weighted by Crippen LogP contribution is -2.38. The number of hydrogen-bond donors (Lipinski definition) is 4. The molecular formula is C33H32ClF3N4O8. The maximum Gasteiger partial charge on any atom is 0.431 e. The fourth-order valence-corrected chi connectivity index (χ4v) is 4.76. The third kappa shape index (κ3) is 11.2. The van der Waals surface area contributed by atoms with Gasteiger partial charge in [0.15, 0.2) is 13.2 Å². The molecule has 0 fully saturated rings. The Hall–Kier alpha value is -5.22. The lowest BCUT2D eigenvalue weighted by atomic mass is 9.80. The number of rotatable bonds is 13. The summed E-state index contributed by atoms with van der Waals surface area (Å²) in [6.07, 6.45) is -6.65. The van der Waals surface area contributed by atoms with Gasteiger partial charge >= 0.3 is 24.2 Å². The first-order valence-electron chi connectivity index (χ1n) is 14.5. The number of dihydropyridines is 1. The molecule has 1 aliphatic rings. The van der Waals surface area contributed by atoms with Gasteiger partial charge in [0.2, 0.25) is 0 Å². The number of halogens is 4.